The number of ether oxygens (including phenoxy) is 2. The molecule has 0 aromatic heterocycles. The molecule has 0 aliphatic carbocycles. The van der Waals surface area contributed by atoms with Crippen LogP contribution >= 0.6 is 46.6 Å². The number of aryl methyl sites for hydroxylation is 1. The maximum Gasteiger partial charge on any atom is 0.263 e. The van der Waals surface area contributed by atoms with Crippen molar-refractivity contribution >= 4 is 62.9 Å². The van der Waals surface area contributed by atoms with Crippen molar-refractivity contribution in [2.75, 3.05) is 7.11 Å². The van der Waals surface area contributed by atoms with E-state index < -0.39 is 0 Å². The van der Waals surface area contributed by atoms with Crippen LogP contribution in [0.4, 0.5) is 0 Å². The van der Waals surface area contributed by atoms with Crippen LogP contribution in [0.5, 0.6) is 11.5 Å². The van der Waals surface area contributed by atoms with Crippen LogP contribution in [-0.4, -0.2) is 17.3 Å². The average molecular weight is 497 g/mol. The fraction of sp³-hybridized carbons (Fsp3) is 0.158. The van der Waals surface area contributed by atoms with Crippen LogP contribution in [0.1, 0.15) is 16.7 Å². The van der Waals surface area contributed by atoms with Crippen molar-refractivity contribution in [3.63, 3.8) is 0 Å². The van der Waals surface area contributed by atoms with Gasteiger partial charge in [-0.1, -0.05) is 48.2 Å². The van der Waals surface area contributed by atoms with Gasteiger partial charge in [-0.2, -0.15) is 0 Å². The maximum absolute atomic E-state index is 11.8. The van der Waals surface area contributed by atoms with Crippen molar-refractivity contribution in [2.24, 2.45) is 0 Å². The molecule has 1 N–H and O–H groups in total. The van der Waals surface area contributed by atoms with Gasteiger partial charge >= 0.3 is 0 Å². The highest BCUT2D eigenvalue weighted by atomic mass is 127. The van der Waals surface area contributed by atoms with Crippen LogP contribution in [0.25, 0.3) is 6.08 Å². The zero-order valence-electron chi connectivity index (χ0n) is 14.2. The molecule has 0 atom stereocenters. The summed E-state index contributed by atoms with van der Waals surface area (Å²) in [6.45, 7) is 2.52. The van der Waals surface area contributed by atoms with Gasteiger partial charge in [0.25, 0.3) is 5.91 Å². The predicted octanol–water partition coefficient (Wildman–Crippen LogP) is 4.68. The van der Waals surface area contributed by atoms with E-state index in [0.29, 0.717) is 27.3 Å². The van der Waals surface area contributed by atoms with Gasteiger partial charge in [-0.05, 0) is 64.4 Å². The Morgan fingerprint density at radius 3 is 2.73 bits per heavy atom. The Labute approximate surface area is 175 Å². The van der Waals surface area contributed by atoms with Crippen molar-refractivity contribution in [2.45, 2.75) is 13.5 Å². The molecule has 1 saturated heterocycles. The van der Waals surface area contributed by atoms with Crippen LogP contribution < -0.4 is 14.8 Å². The van der Waals surface area contributed by atoms with Gasteiger partial charge in [-0.3, -0.25) is 4.79 Å². The number of benzene rings is 2. The predicted molar refractivity (Wildman–Crippen MR) is 118 cm³/mol. The molecule has 26 heavy (non-hydrogen) atoms. The summed E-state index contributed by atoms with van der Waals surface area (Å²) in [5.74, 6) is 1.15. The summed E-state index contributed by atoms with van der Waals surface area (Å²) in [5, 5.41) is 2.61. The molecule has 0 bridgehead atoms. The second-order valence-electron chi connectivity index (χ2n) is 5.60. The molecular weight excluding hydrogens is 481 g/mol. The maximum atomic E-state index is 11.8. The Bertz CT molecular complexity index is 912. The molecule has 0 radical (unpaired) electrons. The highest BCUT2D eigenvalue weighted by Crippen LogP contribution is 2.36. The van der Waals surface area contributed by atoms with Gasteiger partial charge in [-0.15, -0.1) is 0 Å². The number of rotatable bonds is 5. The first-order valence-electron chi connectivity index (χ1n) is 7.77. The molecule has 3 rings (SSSR count). The Kier molecular flexibility index (Phi) is 6.20. The van der Waals surface area contributed by atoms with E-state index in [9.17, 15) is 4.79 Å². The highest BCUT2D eigenvalue weighted by molar-refractivity contribution is 14.1. The molecule has 1 aliphatic rings. The van der Waals surface area contributed by atoms with E-state index in [1.165, 1.54) is 17.3 Å². The minimum absolute atomic E-state index is 0.172. The molecular formula is C19H16INO3S2. The van der Waals surface area contributed by atoms with Crippen molar-refractivity contribution < 1.29 is 14.3 Å². The molecule has 2 aromatic rings. The van der Waals surface area contributed by atoms with Gasteiger partial charge < -0.3 is 14.8 Å². The van der Waals surface area contributed by atoms with E-state index in [4.69, 9.17) is 21.7 Å². The Morgan fingerprint density at radius 2 is 2.08 bits per heavy atom. The first kappa shape index (κ1) is 19.2. The first-order valence-corrected chi connectivity index (χ1v) is 10.1. The third-order valence-electron chi connectivity index (χ3n) is 3.82. The minimum Gasteiger partial charge on any atom is -0.493 e. The molecule has 0 unspecified atom stereocenters. The van der Waals surface area contributed by atoms with Gasteiger partial charge in [-0.25, -0.2) is 0 Å². The molecule has 1 heterocycles. The summed E-state index contributed by atoms with van der Waals surface area (Å²) in [4.78, 5) is 12.4. The number of methoxy groups -OCH3 is 1. The van der Waals surface area contributed by atoms with Crippen LogP contribution in [-0.2, 0) is 11.4 Å². The third-order valence-corrected chi connectivity index (χ3v) is 5.79. The van der Waals surface area contributed by atoms with Crippen LogP contribution in [0.3, 0.4) is 0 Å². The number of carbonyl (C=O) groups excluding carboxylic acids is 1. The number of nitrogens with one attached hydrogen (secondary N) is 1. The van der Waals surface area contributed by atoms with Gasteiger partial charge in [0.1, 0.15) is 10.9 Å². The lowest BCUT2D eigenvalue weighted by atomic mass is 10.1. The van der Waals surface area contributed by atoms with Gasteiger partial charge in [0.05, 0.1) is 15.6 Å². The van der Waals surface area contributed by atoms with Gasteiger partial charge in [0.2, 0.25) is 0 Å². The third kappa shape index (κ3) is 4.39. The summed E-state index contributed by atoms with van der Waals surface area (Å²) in [6, 6.07) is 11.9. The average Bonchev–Trinajstić information content (AvgIpc) is 2.92. The fourth-order valence-corrected chi connectivity index (χ4v) is 4.28. The molecule has 4 nitrogen and oxygen atoms in total. The molecule has 134 valence electrons. The number of hydrogen-bond donors (Lipinski definition) is 1. The van der Waals surface area contributed by atoms with Crippen molar-refractivity contribution in [1.29, 1.82) is 0 Å². The largest absolute Gasteiger partial charge is 0.493 e. The van der Waals surface area contributed by atoms with E-state index in [1.54, 1.807) is 13.2 Å². The summed E-state index contributed by atoms with van der Waals surface area (Å²) in [5.41, 5.74) is 3.17. The molecule has 0 saturated carbocycles. The lowest BCUT2D eigenvalue weighted by molar-refractivity contribution is -0.115. The first-order chi connectivity index (χ1) is 12.5. The molecule has 1 aliphatic heterocycles. The van der Waals surface area contributed by atoms with Gasteiger partial charge in [0, 0.05) is 0 Å². The molecule has 1 fully saturated rings. The van der Waals surface area contributed by atoms with E-state index in [-0.39, 0.29) is 5.91 Å². The normalized spacial score (nSPS) is 15.3. The number of hydrogen-bond acceptors (Lipinski definition) is 5. The highest BCUT2D eigenvalue weighted by Gasteiger charge is 2.22. The van der Waals surface area contributed by atoms with Crippen LogP contribution in [0.15, 0.2) is 41.3 Å². The minimum atomic E-state index is -0.172. The monoisotopic (exact) mass is 497 g/mol. The molecule has 7 heteroatoms. The summed E-state index contributed by atoms with van der Waals surface area (Å²) in [6.07, 6.45) is 1.80. The Hall–Kier alpha value is -1.58. The van der Waals surface area contributed by atoms with E-state index >= 15 is 0 Å². The molecule has 0 spiro atoms. The summed E-state index contributed by atoms with van der Waals surface area (Å²) in [7, 11) is 1.61. The number of carbonyl (C=O) groups is 1. The quantitative estimate of drug-likeness (QED) is 0.370. The second-order valence-corrected chi connectivity index (χ2v) is 8.48. The smallest absolute Gasteiger partial charge is 0.263 e. The molecule has 2 aromatic carbocycles. The lowest BCUT2D eigenvalue weighted by Gasteiger charge is -2.14. The van der Waals surface area contributed by atoms with E-state index in [2.05, 4.69) is 40.9 Å². The summed E-state index contributed by atoms with van der Waals surface area (Å²) >= 11 is 8.49. The number of thioether (sulfide) groups is 1. The number of amides is 1. The number of thiocarbonyl (C=S) groups is 1. The van der Waals surface area contributed by atoms with E-state index in [0.717, 1.165) is 14.7 Å². The van der Waals surface area contributed by atoms with Crippen molar-refractivity contribution in [3.8, 4) is 11.5 Å². The summed E-state index contributed by atoms with van der Waals surface area (Å²) < 4.78 is 12.9. The fourth-order valence-electron chi connectivity index (χ4n) is 2.46. The van der Waals surface area contributed by atoms with Crippen molar-refractivity contribution in [3.05, 3.63) is 61.6 Å². The van der Waals surface area contributed by atoms with Crippen molar-refractivity contribution in [1.82, 2.24) is 5.32 Å². The lowest BCUT2D eigenvalue weighted by Crippen LogP contribution is -2.17. The van der Waals surface area contributed by atoms with Crippen LogP contribution in [0, 0.1) is 10.5 Å². The standard InChI is InChI=1S/C19H16INO3S2/c1-11-5-3-4-6-13(11)10-24-17-14(20)7-12(8-15(17)23-2)9-16-18(22)21-19(25)26-16/h3-9H,10H2,1-2H3,(H,21,22,25)/b16-9-. The zero-order valence-corrected chi connectivity index (χ0v) is 18.0. The zero-order chi connectivity index (χ0) is 18.7. The second kappa shape index (κ2) is 8.41. The Balaban J connectivity index is 1.86. The SMILES string of the molecule is COc1cc(/C=C2\SC(=S)NC2=O)cc(I)c1OCc1ccccc1C. The molecule has 1 amide bonds. The number of halogens is 1. The van der Waals surface area contributed by atoms with E-state index in [1.807, 2.05) is 30.3 Å². The van der Waals surface area contributed by atoms with Gasteiger partial charge in [0.15, 0.2) is 11.5 Å². The topological polar surface area (TPSA) is 47.6 Å². The Morgan fingerprint density at radius 1 is 1.31 bits per heavy atom. The van der Waals surface area contributed by atoms with Crippen LogP contribution in [0.2, 0.25) is 0 Å².